The van der Waals surface area contributed by atoms with Gasteiger partial charge in [-0.05, 0) is 18.2 Å². The van der Waals surface area contributed by atoms with Gasteiger partial charge in [-0.3, -0.25) is 0 Å². The van der Waals surface area contributed by atoms with Gasteiger partial charge in [0, 0.05) is 0 Å². The van der Waals surface area contributed by atoms with E-state index in [-0.39, 0.29) is 0 Å². The molecule has 2 rings (SSSR count). The molecule has 0 N–H and O–H groups in total. The average Bonchev–Trinajstić information content (AvgIpc) is 2.59. The van der Waals surface area contributed by atoms with Crippen molar-refractivity contribution in [3.63, 3.8) is 0 Å². The molecule has 0 aliphatic carbocycles. The van der Waals surface area contributed by atoms with Crippen molar-refractivity contribution in [2.75, 3.05) is 6.61 Å². The Morgan fingerprint density at radius 2 is 2.50 bits per heavy atom. The Bertz CT molecular complexity index is 223. The van der Waals surface area contributed by atoms with Gasteiger partial charge in [0.05, 0.1) is 18.4 Å². The highest BCUT2D eigenvalue weighted by molar-refractivity contribution is 5.14. The topological polar surface area (TPSA) is 22.4 Å². The number of hydrogen-bond acceptors (Lipinski definition) is 2. The maximum atomic E-state index is 5.19. The van der Waals surface area contributed by atoms with Gasteiger partial charge in [0.25, 0.3) is 0 Å². The van der Waals surface area contributed by atoms with Crippen molar-refractivity contribution in [2.24, 2.45) is 0 Å². The molecule has 0 bridgehead atoms. The molecule has 0 radical (unpaired) electrons. The molecule has 1 aliphatic rings. The minimum absolute atomic E-state index is 0.329. The molecule has 10 heavy (non-hydrogen) atoms. The van der Waals surface area contributed by atoms with Gasteiger partial charge in [-0.15, -0.1) is 0 Å². The van der Waals surface area contributed by atoms with E-state index < -0.39 is 0 Å². The van der Waals surface area contributed by atoms with Crippen LogP contribution in [0.5, 0.6) is 0 Å². The minimum Gasteiger partial charge on any atom is -0.500 e. The van der Waals surface area contributed by atoms with E-state index in [1.807, 2.05) is 18.2 Å². The highest BCUT2D eigenvalue weighted by Gasteiger charge is 2.14. The van der Waals surface area contributed by atoms with Crippen LogP contribution in [0.4, 0.5) is 0 Å². The monoisotopic (exact) mass is 136 g/mol. The molecule has 1 atom stereocenters. The summed E-state index contributed by atoms with van der Waals surface area (Å²) in [6, 6.07) is 3.85. The third-order valence-corrected chi connectivity index (χ3v) is 1.59. The maximum Gasteiger partial charge on any atom is 0.114 e. The molecule has 1 aromatic rings. The second kappa shape index (κ2) is 2.21. The Hall–Kier alpha value is -1.18. The lowest BCUT2D eigenvalue weighted by Gasteiger charge is -1.99. The summed E-state index contributed by atoms with van der Waals surface area (Å²) in [5, 5.41) is 0. The zero-order valence-electron chi connectivity index (χ0n) is 5.49. The second-order valence-corrected chi connectivity index (χ2v) is 2.28. The number of rotatable bonds is 1. The van der Waals surface area contributed by atoms with Crippen LogP contribution in [0.3, 0.4) is 0 Å². The van der Waals surface area contributed by atoms with Crippen LogP contribution in [0.2, 0.25) is 0 Å². The first kappa shape index (κ1) is 5.59. The van der Waals surface area contributed by atoms with Crippen molar-refractivity contribution in [3.8, 4) is 0 Å². The minimum atomic E-state index is 0.329. The lowest BCUT2D eigenvalue weighted by Crippen LogP contribution is -1.94. The first-order valence-electron chi connectivity index (χ1n) is 3.28. The molecule has 1 aliphatic heterocycles. The first-order valence-corrected chi connectivity index (χ1v) is 3.28. The van der Waals surface area contributed by atoms with E-state index in [9.17, 15) is 0 Å². The van der Waals surface area contributed by atoms with Crippen molar-refractivity contribution < 1.29 is 9.15 Å². The van der Waals surface area contributed by atoms with E-state index in [1.165, 1.54) is 0 Å². The summed E-state index contributed by atoms with van der Waals surface area (Å²) in [6.45, 7) is 0.716. The number of hydrogen-bond donors (Lipinski definition) is 0. The summed E-state index contributed by atoms with van der Waals surface area (Å²) < 4.78 is 10.2. The fourth-order valence-electron chi connectivity index (χ4n) is 1.04. The smallest absolute Gasteiger partial charge is 0.114 e. The lowest BCUT2D eigenvalue weighted by molar-refractivity contribution is 0.260. The molecule has 2 nitrogen and oxygen atoms in total. The molecule has 0 aromatic carbocycles. The van der Waals surface area contributed by atoms with Crippen LogP contribution in [0.1, 0.15) is 11.7 Å². The summed E-state index contributed by atoms with van der Waals surface area (Å²) in [5.74, 6) is 1.31. The lowest BCUT2D eigenvalue weighted by atomic mass is 10.1. The Kier molecular flexibility index (Phi) is 1.24. The Morgan fingerprint density at radius 1 is 1.50 bits per heavy atom. The molecule has 2 heteroatoms. The van der Waals surface area contributed by atoms with Crippen molar-refractivity contribution >= 4 is 0 Å². The third-order valence-electron chi connectivity index (χ3n) is 1.59. The van der Waals surface area contributed by atoms with Crippen LogP contribution in [-0.4, -0.2) is 6.61 Å². The van der Waals surface area contributed by atoms with Gasteiger partial charge < -0.3 is 9.15 Å². The highest BCUT2D eigenvalue weighted by atomic mass is 16.5. The first-order chi connectivity index (χ1) is 4.97. The average molecular weight is 136 g/mol. The van der Waals surface area contributed by atoms with Gasteiger partial charge >= 0.3 is 0 Å². The van der Waals surface area contributed by atoms with E-state index >= 15 is 0 Å². The molecule has 1 unspecified atom stereocenters. The van der Waals surface area contributed by atoms with E-state index in [2.05, 4.69) is 0 Å². The summed E-state index contributed by atoms with van der Waals surface area (Å²) in [7, 11) is 0. The standard InChI is InChI=1S/C8H8O2/c1-2-8(10-4-1)7-3-5-9-6-7/h1-5,7H,6H2. The van der Waals surface area contributed by atoms with Crippen molar-refractivity contribution in [3.05, 3.63) is 36.5 Å². The van der Waals surface area contributed by atoms with Gasteiger partial charge in [0.1, 0.15) is 12.4 Å². The van der Waals surface area contributed by atoms with Crippen LogP contribution < -0.4 is 0 Å². The molecule has 0 amide bonds. The highest BCUT2D eigenvalue weighted by Crippen LogP contribution is 2.21. The van der Waals surface area contributed by atoms with Crippen LogP contribution in [-0.2, 0) is 4.74 Å². The van der Waals surface area contributed by atoms with E-state index in [0.29, 0.717) is 12.5 Å². The summed E-state index contributed by atoms with van der Waals surface area (Å²) in [5.41, 5.74) is 0. The third kappa shape index (κ3) is 0.817. The maximum absolute atomic E-state index is 5.19. The Balaban J connectivity index is 2.20. The van der Waals surface area contributed by atoms with Crippen molar-refractivity contribution in [2.45, 2.75) is 5.92 Å². The van der Waals surface area contributed by atoms with E-state index in [1.54, 1.807) is 12.5 Å². The number of furan rings is 1. The predicted molar refractivity (Wildman–Crippen MR) is 36.5 cm³/mol. The van der Waals surface area contributed by atoms with Gasteiger partial charge in [0.15, 0.2) is 0 Å². The Morgan fingerprint density at radius 3 is 3.10 bits per heavy atom. The number of ether oxygens (including phenoxy) is 1. The van der Waals surface area contributed by atoms with Crippen LogP contribution in [0, 0.1) is 0 Å². The molecule has 0 saturated heterocycles. The van der Waals surface area contributed by atoms with Gasteiger partial charge in [-0.25, -0.2) is 0 Å². The SMILES string of the molecule is C1=CC(c2ccco2)CO1. The van der Waals surface area contributed by atoms with E-state index in [4.69, 9.17) is 9.15 Å². The quantitative estimate of drug-likeness (QED) is 0.588. The predicted octanol–water partition coefficient (Wildman–Crippen LogP) is 1.91. The second-order valence-electron chi connectivity index (χ2n) is 2.28. The van der Waals surface area contributed by atoms with Gasteiger partial charge in [0.2, 0.25) is 0 Å². The molecule has 1 aromatic heterocycles. The molecule has 0 spiro atoms. The summed E-state index contributed by atoms with van der Waals surface area (Å²) in [4.78, 5) is 0. The molecular formula is C8H8O2. The Labute approximate surface area is 59.1 Å². The van der Waals surface area contributed by atoms with Crippen LogP contribution >= 0.6 is 0 Å². The fourth-order valence-corrected chi connectivity index (χ4v) is 1.04. The van der Waals surface area contributed by atoms with E-state index in [0.717, 1.165) is 5.76 Å². The summed E-state index contributed by atoms with van der Waals surface area (Å²) in [6.07, 6.45) is 5.40. The zero-order chi connectivity index (χ0) is 6.81. The zero-order valence-corrected chi connectivity index (χ0v) is 5.49. The molecule has 52 valence electrons. The van der Waals surface area contributed by atoms with Gasteiger partial charge in [-0.2, -0.15) is 0 Å². The van der Waals surface area contributed by atoms with Crippen molar-refractivity contribution in [1.82, 2.24) is 0 Å². The molecule has 0 fully saturated rings. The molecular weight excluding hydrogens is 128 g/mol. The largest absolute Gasteiger partial charge is 0.500 e. The fraction of sp³-hybridized carbons (Fsp3) is 0.250. The van der Waals surface area contributed by atoms with Crippen LogP contribution in [0.25, 0.3) is 0 Å². The van der Waals surface area contributed by atoms with Crippen molar-refractivity contribution in [1.29, 1.82) is 0 Å². The van der Waals surface area contributed by atoms with Gasteiger partial charge in [-0.1, -0.05) is 0 Å². The van der Waals surface area contributed by atoms with Crippen LogP contribution in [0.15, 0.2) is 35.2 Å². The normalized spacial score (nSPS) is 23.0. The molecule has 2 heterocycles. The summed E-state index contributed by atoms with van der Waals surface area (Å²) >= 11 is 0. The molecule has 0 saturated carbocycles.